The van der Waals surface area contributed by atoms with Gasteiger partial charge in [0.2, 0.25) is 5.52 Å². The van der Waals surface area contributed by atoms with Gasteiger partial charge in [0.05, 0.1) is 35.6 Å². The average Bonchev–Trinajstić information content (AvgIpc) is 3.87. The van der Waals surface area contributed by atoms with Gasteiger partial charge < -0.3 is 34.8 Å². The summed E-state index contributed by atoms with van der Waals surface area (Å²) in [6.07, 6.45) is 8.89. The molecule has 0 aliphatic carbocycles. The zero-order valence-corrected chi connectivity index (χ0v) is 31.0. The Morgan fingerprint density at radius 1 is 0.962 bits per heavy atom. The van der Waals surface area contributed by atoms with Crippen LogP contribution in [0.5, 0.6) is 0 Å². The third-order valence-electron chi connectivity index (χ3n) is 10.2. The van der Waals surface area contributed by atoms with Gasteiger partial charge in [0.25, 0.3) is 0 Å². The van der Waals surface area contributed by atoms with Crippen LogP contribution in [0.25, 0.3) is 11.0 Å². The maximum Gasteiger partial charge on any atom is 0.300 e. The smallest absolute Gasteiger partial charge is 0.300 e. The quantitative estimate of drug-likeness (QED) is 0.0633. The molecule has 1 unspecified atom stereocenters. The van der Waals surface area contributed by atoms with Crippen molar-refractivity contribution in [2.24, 2.45) is 0 Å². The SMILES string of the molecule is CCCC1(CCCCCCCCCCCCn2cc(CO[C@@H]3O[C@H](CNc4ccc([N+](=O)[O-])c5nonc45)[C@H](O)[C@H](O)[C@H]3O)nn2)OCC(C)(C)N1[O]. The molecule has 4 heterocycles. The van der Waals surface area contributed by atoms with Gasteiger partial charge in [-0.25, -0.2) is 4.63 Å². The second-order valence-electron chi connectivity index (χ2n) is 14.9. The molecule has 1 aromatic carbocycles. The number of aliphatic hydroxyl groups is 3. The van der Waals surface area contributed by atoms with Gasteiger partial charge in [-0.15, -0.1) is 15.4 Å². The van der Waals surface area contributed by atoms with Crippen LogP contribution in [0, 0.1) is 10.1 Å². The highest BCUT2D eigenvalue weighted by atomic mass is 16.7. The van der Waals surface area contributed by atoms with Gasteiger partial charge in [-0.1, -0.05) is 69.9 Å². The van der Waals surface area contributed by atoms with Crippen LogP contribution in [0.2, 0.25) is 0 Å². The molecule has 1 radical (unpaired) electrons. The summed E-state index contributed by atoms with van der Waals surface area (Å²) in [4.78, 5) is 10.7. The molecule has 0 bridgehead atoms. The molecule has 53 heavy (non-hydrogen) atoms. The van der Waals surface area contributed by atoms with Gasteiger partial charge in [-0.05, 0) is 55.9 Å². The molecule has 2 aliphatic heterocycles. The number of ether oxygens (including phenoxy) is 3. The molecular weight excluding hydrogens is 692 g/mol. The lowest BCUT2D eigenvalue weighted by Gasteiger charge is -2.40. The fourth-order valence-corrected chi connectivity index (χ4v) is 7.19. The lowest BCUT2D eigenvalue weighted by atomic mass is 9.96. The van der Waals surface area contributed by atoms with Gasteiger partial charge in [0.15, 0.2) is 11.8 Å². The number of aryl methyl sites for hydroxylation is 1. The van der Waals surface area contributed by atoms with E-state index in [9.17, 15) is 30.6 Å². The number of aromatic nitrogens is 5. The summed E-state index contributed by atoms with van der Waals surface area (Å²) in [5, 5.41) is 75.5. The Hall–Kier alpha value is -3.36. The van der Waals surface area contributed by atoms with Gasteiger partial charge in [-0.3, -0.25) is 14.8 Å². The normalized spacial score (nSPS) is 26.1. The Morgan fingerprint density at radius 3 is 2.30 bits per heavy atom. The minimum atomic E-state index is -1.55. The van der Waals surface area contributed by atoms with E-state index in [4.69, 9.17) is 14.2 Å². The Bertz CT molecular complexity index is 1590. The second kappa shape index (κ2) is 18.8. The highest BCUT2D eigenvalue weighted by Gasteiger charge is 2.51. The molecule has 2 fully saturated rings. The van der Waals surface area contributed by atoms with E-state index in [0.29, 0.717) is 24.5 Å². The number of nitrogens with one attached hydrogen (secondary N) is 1. The number of aliphatic hydroxyl groups excluding tert-OH is 3. The average molecular weight is 748 g/mol. The summed E-state index contributed by atoms with van der Waals surface area (Å²) in [5.41, 5.74) is -0.418. The second-order valence-corrected chi connectivity index (χ2v) is 14.9. The van der Waals surface area contributed by atoms with E-state index in [0.717, 1.165) is 51.4 Å². The number of hydroxylamine groups is 2. The summed E-state index contributed by atoms with van der Waals surface area (Å²) < 4.78 is 24.0. The highest BCUT2D eigenvalue weighted by molar-refractivity contribution is 5.93. The first-order chi connectivity index (χ1) is 25.5. The van der Waals surface area contributed by atoms with E-state index in [1.54, 1.807) is 10.9 Å². The van der Waals surface area contributed by atoms with Crippen molar-refractivity contribution < 1.29 is 44.3 Å². The molecule has 6 atom stereocenters. The number of non-ortho nitro benzene ring substituents is 1. The monoisotopic (exact) mass is 747 g/mol. The maximum atomic E-state index is 12.9. The lowest BCUT2D eigenvalue weighted by Crippen LogP contribution is -2.59. The van der Waals surface area contributed by atoms with Crippen LogP contribution in [0.1, 0.15) is 110 Å². The van der Waals surface area contributed by atoms with E-state index in [1.807, 2.05) is 13.8 Å². The van der Waals surface area contributed by atoms with Crippen LogP contribution < -0.4 is 5.32 Å². The molecule has 2 saturated heterocycles. The zero-order chi connectivity index (χ0) is 38.0. The Kier molecular flexibility index (Phi) is 14.5. The number of hydrogen-bond acceptors (Lipinski definition) is 15. The van der Waals surface area contributed by atoms with Crippen molar-refractivity contribution in [3.63, 3.8) is 0 Å². The fraction of sp³-hybridized carbons (Fsp3) is 0.771. The van der Waals surface area contributed by atoms with Crippen molar-refractivity contribution >= 4 is 22.4 Å². The third kappa shape index (κ3) is 10.2. The molecule has 2 aromatic heterocycles. The Morgan fingerprint density at radius 2 is 1.64 bits per heavy atom. The maximum absolute atomic E-state index is 12.9. The summed E-state index contributed by atoms with van der Waals surface area (Å²) in [7, 11) is 0. The van der Waals surface area contributed by atoms with Gasteiger partial charge >= 0.3 is 5.69 Å². The number of fused-ring (bicyclic) bond motifs is 1. The first kappa shape index (κ1) is 40.8. The van der Waals surface area contributed by atoms with Crippen molar-refractivity contribution in [2.75, 3.05) is 18.5 Å². The van der Waals surface area contributed by atoms with Crippen LogP contribution >= 0.6 is 0 Å². The first-order valence-electron chi connectivity index (χ1n) is 18.9. The predicted octanol–water partition coefficient (Wildman–Crippen LogP) is 4.40. The van der Waals surface area contributed by atoms with Crippen LogP contribution in [0.4, 0.5) is 11.4 Å². The van der Waals surface area contributed by atoms with Gasteiger partial charge in [-0.2, -0.15) is 0 Å². The standard InChI is InChI=1S/C35H55N8O10/c1-4-17-35(43(49)34(2,3)23-51-35)18-13-11-9-7-5-6-8-10-12-14-19-41-21-24(37-40-41)22-50-33-32(46)31(45)30(44)27(52-33)20-36-25-15-16-26(42(47)48)29-28(25)38-53-39-29/h15-16,21,27,30-33,36,44-46H,4-14,17-20,22-23H2,1-3H3/t27-,30+,31+,32-,33-,35?/m1/s1. The summed E-state index contributed by atoms with van der Waals surface area (Å²) >= 11 is 0. The molecule has 18 heteroatoms. The summed E-state index contributed by atoms with van der Waals surface area (Å²) in [5.74, 6) is 0. The lowest BCUT2D eigenvalue weighted by molar-refractivity contribution is -0.383. The largest absolute Gasteiger partial charge is 0.388 e. The van der Waals surface area contributed by atoms with E-state index in [1.165, 1.54) is 49.3 Å². The zero-order valence-electron chi connectivity index (χ0n) is 31.0. The molecule has 4 N–H and O–H groups in total. The molecule has 3 aromatic rings. The van der Waals surface area contributed by atoms with E-state index in [-0.39, 0.29) is 29.9 Å². The molecule has 0 spiro atoms. The number of hydrogen-bond donors (Lipinski definition) is 4. The topological polar surface area (TPSA) is 236 Å². The van der Waals surface area contributed by atoms with Crippen molar-refractivity contribution in [1.29, 1.82) is 0 Å². The van der Waals surface area contributed by atoms with Crippen molar-refractivity contribution in [3.8, 4) is 0 Å². The van der Waals surface area contributed by atoms with Crippen molar-refractivity contribution in [3.05, 3.63) is 34.1 Å². The highest BCUT2D eigenvalue weighted by Crippen LogP contribution is 2.40. The van der Waals surface area contributed by atoms with E-state index >= 15 is 0 Å². The Balaban J connectivity index is 0.936. The number of nitro groups is 1. The molecule has 5 rings (SSSR count). The van der Waals surface area contributed by atoms with E-state index in [2.05, 4.69) is 37.5 Å². The molecular formula is C35H55N8O10. The molecule has 2 aliphatic rings. The molecule has 0 saturated carbocycles. The van der Waals surface area contributed by atoms with Crippen molar-refractivity contribution in [1.82, 2.24) is 30.4 Å². The third-order valence-corrected chi connectivity index (χ3v) is 10.2. The van der Waals surface area contributed by atoms with E-state index < -0.39 is 46.9 Å². The van der Waals surface area contributed by atoms with Crippen LogP contribution in [-0.2, 0) is 32.6 Å². The Labute approximate surface area is 308 Å². The molecule has 295 valence electrons. The van der Waals surface area contributed by atoms with Gasteiger partial charge in [0.1, 0.15) is 35.8 Å². The number of benzene rings is 1. The number of unbranched alkanes of at least 4 members (excludes halogenated alkanes) is 9. The number of rotatable bonds is 22. The number of anilines is 1. The number of nitrogens with zero attached hydrogens (tertiary/aromatic N) is 7. The van der Waals surface area contributed by atoms with Crippen LogP contribution in [0.15, 0.2) is 23.0 Å². The predicted molar refractivity (Wildman–Crippen MR) is 189 cm³/mol. The fourth-order valence-electron chi connectivity index (χ4n) is 7.19. The minimum absolute atomic E-state index is 0.0407. The molecule has 0 amide bonds. The summed E-state index contributed by atoms with van der Waals surface area (Å²) in [6, 6.07) is 2.67. The minimum Gasteiger partial charge on any atom is -0.388 e. The first-order valence-corrected chi connectivity index (χ1v) is 18.9. The number of nitro benzene ring substituents is 1. The van der Waals surface area contributed by atoms with Gasteiger partial charge in [0, 0.05) is 19.2 Å². The van der Waals surface area contributed by atoms with Crippen LogP contribution in [-0.4, -0.2) is 106 Å². The molecule has 18 nitrogen and oxygen atoms in total. The van der Waals surface area contributed by atoms with Crippen LogP contribution in [0.3, 0.4) is 0 Å². The summed E-state index contributed by atoms with van der Waals surface area (Å²) in [6.45, 7) is 7.15. The van der Waals surface area contributed by atoms with Crippen molar-refractivity contribution in [2.45, 2.75) is 159 Å².